The normalized spacial score (nSPS) is 12.2. The van der Waals surface area contributed by atoms with Gasteiger partial charge in [0.05, 0.1) is 12.1 Å². The fraction of sp³-hybridized carbons (Fsp3) is 0.292. The summed E-state index contributed by atoms with van der Waals surface area (Å²) in [5.74, 6) is -2.64. The largest absolute Gasteiger partial charge is 0.368 e. The summed E-state index contributed by atoms with van der Waals surface area (Å²) in [5.41, 5.74) is 5.31. The van der Waals surface area contributed by atoms with Gasteiger partial charge in [-0.05, 0) is 35.7 Å². The number of carbonyl (C=O) groups is 4. The van der Waals surface area contributed by atoms with E-state index in [0.29, 0.717) is 16.5 Å². The predicted octanol–water partition coefficient (Wildman–Crippen LogP) is 1.80. The Bertz CT molecular complexity index is 1240. The minimum Gasteiger partial charge on any atom is -0.368 e. The molecule has 0 unspecified atom stereocenters. The Labute approximate surface area is 195 Å². The van der Waals surface area contributed by atoms with Crippen molar-refractivity contribution < 1.29 is 23.6 Å². The van der Waals surface area contributed by atoms with Crippen LogP contribution in [0.3, 0.4) is 0 Å². The Morgan fingerprint density at radius 3 is 2.32 bits per heavy atom. The molecule has 1 heterocycles. The number of benzene rings is 2. The maximum atomic E-state index is 13.2. The van der Waals surface area contributed by atoms with Crippen LogP contribution < -0.4 is 16.4 Å². The molecule has 0 aliphatic rings. The number of nitrogens with one attached hydrogen (secondary N) is 2. The molecular formula is C24H26FN5O4. The number of amides is 3. The number of Topliss-reactive ketones (excluding diaryl/α,β-unsaturated/α-hetero) is 1. The maximum Gasteiger partial charge on any atom is 0.273 e. The number of nitrogens with zero attached hydrogens (tertiary/aromatic N) is 2. The quantitative estimate of drug-likeness (QED) is 0.434. The fourth-order valence-electron chi connectivity index (χ4n) is 3.43. The molecule has 0 spiro atoms. The van der Waals surface area contributed by atoms with Crippen molar-refractivity contribution in [2.45, 2.75) is 33.4 Å². The predicted molar refractivity (Wildman–Crippen MR) is 123 cm³/mol. The number of hydrogen-bond donors (Lipinski definition) is 3. The van der Waals surface area contributed by atoms with Crippen molar-refractivity contribution in [3.05, 3.63) is 65.6 Å². The number of para-hydroxylation sites is 1. The van der Waals surface area contributed by atoms with Gasteiger partial charge in [0.15, 0.2) is 11.5 Å². The summed E-state index contributed by atoms with van der Waals surface area (Å²) >= 11 is 0. The van der Waals surface area contributed by atoms with Gasteiger partial charge >= 0.3 is 0 Å². The average molecular weight is 468 g/mol. The van der Waals surface area contributed by atoms with Crippen LogP contribution in [0.1, 0.15) is 41.6 Å². The van der Waals surface area contributed by atoms with Crippen molar-refractivity contribution in [3.63, 3.8) is 0 Å². The number of nitrogens with two attached hydrogens (primary N) is 1. The molecule has 0 radical (unpaired) electrons. The molecular weight excluding hydrogens is 441 g/mol. The molecule has 1 atom stereocenters. The second-order valence-electron chi connectivity index (χ2n) is 8.91. The highest BCUT2D eigenvalue weighted by Gasteiger charge is 2.34. The third-order valence-corrected chi connectivity index (χ3v) is 5.17. The van der Waals surface area contributed by atoms with Crippen molar-refractivity contribution in [2.24, 2.45) is 11.1 Å². The average Bonchev–Trinajstić information content (AvgIpc) is 3.14. The van der Waals surface area contributed by atoms with E-state index >= 15 is 0 Å². The van der Waals surface area contributed by atoms with Crippen LogP contribution in [0, 0.1) is 11.2 Å². The van der Waals surface area contributed by atoms with Crippen LogP contribution >= 0.6 is 0 Å². The topological polar surface area (TPSA) is 136 Å². The standard InChI is InChI=1S/C24H26FN5O4/c1-24(2,3)21(23(34)27-12-19(26)32)28-22(33)20-16-6-4-5-7-17(16)30(29-20)13-18(31)14-8-10-15(25)11-9-14/h4-11,21H,12-13H2,1-3H3,(H2,26,32)(H,27,34)(H,28,33)/t21-/m1/s1. The summed E-state index contributed by atoms with van der Waals surface area (Å²) in [4.78, 5) is 49.5. The number of halogens is 1. The molecule has 0 saturated heterocycles. The highest BCUT2D eigenvalue weighted by molar-refractivity contribution is 6.07. The molecule has 10 heteroatoms. The second-order valence-corrected chi connectivity index (χ2v) is 8.91. The van der Waals surface area contributed by atoms with Gasteiger partial charge in [0.1, 0.15) is 18.4 Å². The van der Waals surface area contributed by atoms with Gasteiger partial charge in [-0.2, -0.15) is 5.10 Å². The summed E-state index contributed by atoms with van der Waals surface area (Å²) in [6.45, 7) is 4.77. The lowest BCUT2D eigenvalue weighted by molar-refractivity contribution is -0.128. The first-order valence-electron chi connectivity index (χ1n) is 10.6. The van der Waals surface area contributed by atoms with Gasteiger partial charge in [0.2, 0.25) is 11.8 Å². The molecule has 178 valence electrons. The van der Waals surface area contributed by atoms with Crippen LogP contribution in [0.15, 0.2) is 48.5 Å². The lowest BCUT2D eigenvalue weighted by Gasteiger charge is -2.30. The summed E-state index contributed by atoms with van der Waals surface area (Å²) in [6, 6.07) is 11.1. The number of fused-ring (bicyclic) bond motifs is 1. The van der Waals surface area contributed by atoms with E-state index in [0.717, 1.165) is 0 Å². The highest BCUT2D eigenvalue weighted by Crippen LogP contribution is 2.23. The molecule has 3 aromatic rings. The van der Waals surface area contributed by atoms with Crippen LogP contribution in [0.4, 0.5) is 4.39 Å². The van der Waals surface area contributed by atoms with E-state index in [1.165, 1.54) is 28.9 Å². The van der Waals surface area contributed by atoms with E-state index in [2.05, 4.69) is 15.7 Å². The molecule has 0 aliphatic heterocycles. The molecule has 0 aliphatic carbocycles. The van der Waals surface area contributed by atoms with Crippen LogP contribution in [0.25, 0.3) is 10.9 Å². The Balaban J connectivity index is 1.89. The maximum absolute atomic E-state index is 13.2. The van der Waals surface area contributed by atoms with Gasteiger partial charge in [-0.15, -0.1) is 0 Å². The number of primary amides is 1. The monoisotopic (exact) mass is 467 g/mol. The van der Waals surface area contributed by atoms with Crippen molar-refractivity contribution in [3.8, 4) is 0 Å². The first kappa shape index (κ1) is 24.6. The summed E-state index contributed by atoms with van der Waals surface area (Å²) in [5, 5.41) is 9.94. The van der Waals surface area contributed by atoms with Crippen LogP contribution in [-0.4, -0.2) is 45.9 Å². The second kappa shape index (κ2) is 9.82. The van der Waals surface area contributed by atoms with E-state index in [4.69, 9.17) is 5.73 Å². The lowest BCUT2D eigenvalue weighted by Crippen LogP contribution is -2.54. The van der Waals surface area contributed by atoms with Crippen LogP contribution in [0.2, 0.25) is 0 Å². The highest BCUT2D eigenvalue weighted by atomic mass is 19.1. The number of hydrogen-bond acceptors (Lipinski definition) is 5. The first-order valence-corrected chi connectivity index (χ1v) is 10.6. The lowest BCUT2D eigenvalue weighted by atomic mass is 9.86. The third-order valence-electron chi connectivity index (χ3n) is 5.17. The smallest absolute Gasteiger partial charge is 0.273 e. The molecule has 0 bridgehead atoms. The molecule has 0 saturated carbocycles. The van der Waals surface area contributed by atoms with E-state index in [1.54, 1.807) is 45.0 Å². The molecule has 3 amide bonds. The summed E-state index contributed by atoms with van der Waals surface area (Å²) in [7, 11) is 0. The number of carbonyl (C=O) groups excluding carboxylic acids is 4. The van der Waals surface area contributed by atoms with Gasteiger partial charge in [0.25, 0.3) is 5.91 Å². The number of aromatic nitrogens is 2. The Kier molecular flexibility index (Phi) is 7.09. The zero-order valence-corrected chi connectivity index (χ0v) is 19.1. The van der Waals surface area contributed by atoms with Crippen molar-refractivity contribution in [1.82, 2.24) is 20.4 Å². The van der Waals surface area contributed by atoms with Crippen LogP contribution in [0.5, 0.6) is 0 Å². The molecule has 34 heavy (non-hydrogen) atoms. The first-order chi connectivity index (χ1) is 16.0. The SMILES string of the molecule is CC(C)(C)[C@H](NC(=O)c1nn(CC(=O)c2ccc(F)cc2)c2ccccc12)C(=O)NCC(N)=O. The Morgan fingerprint density at radius 1 is 1.06 bits per heavy atom. The number of ketones is 1. The zero-order chi connectivity index (χ0) is 25.0. The number of rotatable bonds is 8. The molecule has 2 aromatic carbocycles. The Morgan fingerprint density at radius 2 is 1.71 bits per heavy atom. The van der Waals surface area contributed by atoms with E-state index < -0.39 is 35.0 Å². The van der Waals surface area contributed by atoms with Crippen molar-refractivity contribution in [1.29, 1.82) is 0 Å². The minimum atomic E-state index is -0.982. The fourth-order valence-corrected chi connectivity index (χ4v) is 3.43. The molecule has 1 aromatic heterocycles. The van der Waals surface area contributed by atoms with Gasteiger partial charge < -0.3 is 16.4 Å². The van der Waals surface area contributed by atoms with E-state index in [9.17, 15) is 23.6 Å². The molecule has 3 rings (SSSR count). The van der Waals surface area contributed by atoms with Crippen molar-refractivity contribution >= 4 is 34.4 Å². The summed E-state index contributed by atoms with van der Waals surface area (Å²) in [6.07, 6.45) is 0. The van der Waals surface area contributed by atoms with Gasteiger partial charge in [-0.3, -0.25) is 23.9 Å². The minimum absolute atomic E-state index is 0.0412. The third kappa shape index (κ3) is 5.64. The Hall–Kier alpha value is -4.08. The molecule has 4 N–H and O–H groups in total. The summed E-state index contributed by atoms with van der Waals surface area (Å²) < 4.78 is 14.6. The van der Waals surface area contributed by atoms with Crippen molar-refractivity contribution in [2.75, 3.05) is 6.54 Å². The van der Waals surface area contributed by atoms with Gasteiger partial charge in [-0.1, -0.05) is 39.0 Å². The van der Waals surface area contributed by atoms with E-state index in [-0.39, 0.29) is 24.6 Å². The molecule has 9 nitrogen and oxygen atoms in total. The van der Waals surface area contributed by atoms with Crippen LogP contribution in [-0.2, 0) is 16.1 Å². The van der Waals surface area contributed by atoms with E-state index in [1.807, 2.05) is 0 Å². The van der Waals surface area contributed by atoms with Gasteiger partial charge in [-0.25, -0.2) is 4.39 Å². The zero-order valence-electron chi connectivity index (χ0n) is 19.1. The molecule has 0 fully saturated rings. The van der Waals surface area contributed by atoms with Gasteiger partial charge in [0, 0.05) is 10.9 Å².